The monoisotopic (exact) mass is 166 g/mol. The van der Waals surface area contributed by atoms with Gasteiger partial charge in [0.05, 0.1) is 6.20 Å². The minimum Gasteiger partial charge on any atom is -0.272 e. The Morgan fingerprint density at radius 3 is 3.17 bits per heavy atom. The minimum absolute atomic E-state index is 0.699. The zero-order valence-electron chi connectivity index (χ0n) is 7.03. The third-order valence-corrected chi connectivity index (χ3v) is 2.14. The van der Waals surface area contributed by atoms with Crippen LogP contribution in [0.2, 0.25) is 0 Å². The van der Waals surface area contributed by atoms with Crippen molar-refractivity contribution in [3.05, 3.63) is 18.0 Å². The van der Waals surface area contributed by atoms with Gasteiger partial charge in [0.15, 0.2) is 0 Å². The van der Waals surface area contributed by atoms with Crippen molar-refractivity contribution in [2.24, 2.45) is 11.8 Å². The fourth-order valence-corrected chi connectivity index (χ4v) is 1.28. The molecule has 4 heteroatoms. The van der Waals surface area contributed by atoms with Gasteiger partial charge in [0, 0.05) is 24.8 Å². The van der Waals surface area contributed by atoms with E-state index in [2.05, 4.69) is 16.7 Å². The molecular weight excluding hydrogens is 152 g/mol. The van der Waals surface area contributed by atoms with Gasteiger partial charge in [-0.2, -0.15) is 5.10 Å². The molecule has 3 N–H and O–H groups in total. The number of hydrogen-bond acceptors (Lipinski definition) is 3. The molecule has 0 spiro atoms. The van der Waals surface area contributed by atoms with Gasteiger partial charge in [0.2, 0.25) is 0 Å². The smallest absolute Gasteiger partial charge is 0.0535 e. The van der Waals surface area contributed by atoms with Crippen molar-refractivity contribution in [2.75, 3.05) is 0 Å². The van der Waals surface area contributed by atoms with Crippen LogP contribution >= 0.6 is 0 Å². The van der Waals surface area contributed by atoms with Crippen molar-refractivity contribution in [3.8, 4) is 0 Å². The molecule has 0 bridgehead atoms. The third kappa shape index (κ3) is 1.84. The topological polar surface area (TPSA) is 55.9 Å². The molecule has 1 aliphatic carbocycles. The number of hydrogen-bond donors (Lipinski definition) is 2. The van der Waals surface area contributed by atoms with Crippen molar-refractivity contribution in [3.63, 3.8) is 0 Å². The Balaban J connectivity index is 1.92. The largest absolute Gasteiger partial charge is 0.272 e. The third-order valence-electron chi connectivity index (χ3n) is 2.14. The van der Waals surface area contributed by atoms with Crippen LogP contribution in [0.4, 0.5) is 0 Å². The standard InChI is InChI=1S/C8H14N4/c9-10-3-8-4-11-12(6-8)5-7-1-2-7/h4,6-7,10H,1-3,5,9H2. The Kier molecular flexibility index (Phi) is 2.10. The number of aromatic nitrogens is 2. The average molecular weight is 166 g/mol. The number of nitrogens with zero attached hydrogens (tertiary/aromatic N) is 2. The highest BCUT2D eigenvalue weighted by molar-refractivity contribution is 5.03. The lowest BCUT2D eigenvalue weighted by Gasteiger charge is -1.96. The molecule has 1 saturated carbocycles. The number of hydrazine groups is 1. The van der Waals surface area contributed by atoms with Crippen molar-refractivity contribution in [2.45, 2.75) is 25.9 Å². The van der Waals surface area contributed by atoms with Gasteiger partial charge in [0.25, 0.3) is 0 Å². The van der Waals surface area contributed by atoms with Gasteiger partial charge >= 0.3 is 0 Å². The van der Waals surface area contributed by atoms with Gasteiger partial charge < -0.3 is 0 Å². The Morgan fingerprint density at radius 1 is 1.67 bits per heavy atom. The molecule has 4 nitrogen and oxygen atoms in total. The molecule has 2 rings (SSSR count). The first-order chi connectivity index (χ1) is 5.88. The highest BCUT2D eigenvalue weighted by Gasteiger charge is 2.21. The molecule has 1 aromatic rings. The van der Waals surface area contributed by atoms with E-state index < -0.39 is 0 Å². The lowest BCUT2D eigenvalue weighted by atomic mass is 10.4. The van der Waals surface area contributed by atoms with E-state index in [1.807, 2.05) is 10.9 Å². The molecule has 1 aromatic heterocycles. The number of nitrogens with two attached hydrogens (primary N) is 1. The molecule has 0 radical (unpaired) electrons. The quantitative estimate of drug-likeness (QED) is 0.498. The average Bonchev–Trinajstić information content (AvgIpc) is 2.74. The first kappa shape index (κ1) is 7.76. The second-order valence-electron chi connectivity index (χ2n) is 3.39. The highest BCUT2D eigenvalue weighted by atomic mass is 15.3. The summed E-state index contributed by atoms with van der Waals surface area (Å²) in [5.74, 6) is 6.07. The maximum atomic E-state index is 5.20. The number of nitrogens with one attached hydrogen (secondary N) is 1. The van der Waals surface area contributed by atoms with E-state index in [0.717, 1.165) is 18.0 Å². The second-order valence-corrected chi connectivity index (χ2v) is 3.39. The Morgan fingerprint density at radius 2 is 2.50 bits per heavy atom. The summed E-state index contributed by atoms with van der Waals surface area (Å²) < 4.78 is 2.00. The van der Waals surface area contributed by atoms with Crippen LogP contribution in [0.1, 0.15) is 18.4 Å². The molecule has 0 atom stereocenters. The van der Waals surface area contributed by atoms with Crippen LogP contribution in [0.3, 0.4) is 0 Å². The molecule has 0 aliphatic heterocycles. The zero-order valence-corrected chi connectivity index (χ0v) is 7.03. The first-order valence-electron chi connectivity index (χ1n) is 4.33. The van der Waals surface area contributed by atoms with E-state index in [1.165, 1.54) is 12.8 Å². The molecule has 0 amide bonds. The Labute approximate surface area is 71.7 Å². The Hall–Kier alpha value is -0.870. The summed E-state index contributed by atoms with van der Waals surface area (Å²) in [6.07, 6.45) is 6.65. The summed E-state index contributed by atoms with van der Waals surface area (Å²) in [6.45, 7) is 1.77. The van der Waals surface area contributed by atoms with Crippen LogP contribution in [0, 0.1) is 5.92 Å². The number of rotatable bonds is 4. The molecule has 1 aliphatic rings. The van der Waals surface area contributed by atoms with Gasteiger partial charge in [-0.1, -0.05) is 0 Å². The van der Waals surface area contributed by atoms with E-state index in [1.54, 1.807) is 0 Å². The molecule has 1 heterocycles. The summed E-state index contributed by atoms with van der Waals surface area (Å²) in [7, 11) is 0. The predicted octanol–water partition coefficient (Wildman–Crippen LogP) is 0.256. The molecule has 12 heavy (non-hydrogen) atoms. The van der Waals surface area contributed by atoms with Crippen LogP contribution in [0.5, 0.6) is 0 Å². The van der Waals surface area contributed by atoms with E-state index in [4.69, 9.17) is 5.84 Å². The summed E-state index contributed by atoms with van der Waals surface area (Å²) in [6, 6.07) is 0. The summed E-state index contributed by atoms with van der Waals surface area (Å²) in [5, 5.41) is 4.24. The molecule has 66 valence electrons. The zero-order chi connectivity index (χ0) is 8.39. The van der Waals surface area contributed by atoms with E-state index in [-0.39, 0.29) is 0 Å². The van der Waals surface area contributed by atoms with Crippen LogP contribution in [-0.4, -0.2) is 9.78 Å². The van der Waals surface area contributed by atoms with E-state index in [0.29, 0.717) is 6.54 Å². The fraction of sp³-hybridized carbons (Fsp3) is 0.625. The van der Waals surface area contributed by atoms with Crippen LogP contribution in [-0.2, 0) is 13.1 Å². The summed E-state index contributed by atoms with van der Waals surface area (Å²) in [4.78, 5) is 0. The molecule has 0 saturated heterocycles. The normalized spacial score (nSPS) is 16.8. The Bertz CT molecular complexity index is 251. The van der Waals surface area contributed by atoms with Gasteiger partial charge in [0.1, 0.15) is 0 Å². The van der Waals surface area contributed by atoms with Gasteiger partial charge in [-0.3, -0.25) is 16.0 Å². The van der Waals surface area contributed by atoms with Crippen LogP contribution in [0.15, 0.2) is 12.4 Å². The summed E-state index contributed by atoms with van der Waals surface area (Å²) >= 11 is 0. The molecule has 0 aromatic carbocycles. The second kappa shape index (κ2) is 3.25. The lowest BCUT2D eigenvalue weighted by molar-refractivity contribution is 0.562. The van der Waals surface area contributed by atoms with Gasteiger partial charge in [-0.25, -0.2) is 0 Å². The van der Waals surface area contributed by atoms with E-state index in [9.17, 15) is 0 Å². The SMILES string of the molecule is NNCc1cnn(CC2CC2)c1. The van der Waals surface area contributed by atoms with Gasteiger partial charge in [-0.15, -0.1) is 0 Å². The van der Waals surface area contributed by atoms with E-state index >= 15 is 0 Å². The van der Waals surface area contributed by atoms with Crippen molar-refractivity contribution < 1.29 is 0 Å². The lowest BCUT2D eigenvalue weighted by Crippen LogP contribution is -2.20. The van der Waals surface area contributed by atoms with Crippen molar-refractivity contribution >= 4 is 0 Å². The fourth-order valence-electron chi connectivity index (χ4n) is 1.28. The first-order valence-corrected chi connectivity index (χ1v) is 4.33. The van der Waals surface area contributed by atoms with Crippen molar-refractivity contribution in [1.29, 1.82) is 0 Å². The van der Waals surface area contributed by atoms with Crippen molar-refractivity contribution in [1.82, 2.24) is 15.2 Å². The molecular formula is C8H14N4. The van der Waals surface area contributed by atoms with Crippen LogP contribution < -0.4 is 11.3 Å². The van der Waals surface area contributed by atoms with Gasteiger partial charge in [-0.05, 0) is 18.8 Å². The molecule has 0 unspecified atom stereocenters. The highest BCUT2D eigenvalue weighted by Crippen LogP contribution is 2.30. The molecule has 1 fully saturated rings. The maximum Gasteiger partial charge on any atom is 0.0535 e. The predicted molar refractivity (Wildman–Crippen MR) is 46.0 cm³/mol. The minimum atomic E-state index is 0.699. The van der Waals surface area contributed by atoms with Crippen LogP contribution in [0.25, 0.3) is 0 Å². The maximum absolute atomic E-state index is 5.20. The summed E-state index contributed by atoms with van der Waals surface area (Å²) in [5.41, 5.74) is 3.76.